The molecule has 1 aromatic carbocycles. The van der Waals surface area contributed by atoms with Crippen LogP contribution in [0.5, 0.6) is 0 Å². The molecule has 4 nitrogen and oxygen atoms in total. The summed E-state index contributed by atoms with van der Waals surface area (Å²) >= 11 is 5.26. The lowest BCUT2D eigenvalue weighted by Crippen LogP contribution is -2.31. The van der Waals surface area contributed by atoms with Crippen molar-refractivity contribution < 1.29 is 4.79 Å². The molecule has 1 aromatic rings. The molecule has 0 atom stereocenters. The Bertz CT molecular complexity index is 480. The summed E-state index contributed by atoms with van der Waals surface area (Å²) in [7, 11) is 0. The maximum atomic E-state index is 11.9. The molecule has 1 aliphatic rings. The van der Waals surface area contributed by atoms with Crippen molar-refractivity contribution in [3.63, 3.8) is 0 Å². The van der Waals surface area contributed by atoms with Gasteiger partial charge < -0.3 is 0 Å². The highest BCUT2D eigenvalue weighted by atomic mass is 32.1. The molecule has 1 saturated heterocycles. The van der Waals surface area contributed by atoms with Crippen LogP contribution in [0, 0.1) is 0 Å². The van der Waals surface area contributed by atoms with E-state index in [-0.39, 0.29) is 12.5 Å². The molecule has 0 bridgehead atoms. The monoisotopic (exact) mass is 247 g/mol. The highest BCUT2D eigenvalue weighted by molar-refractivity contribution is 7.80. The van der Waals surface area contributed by atoms with Gasteiger partial charge in [0.05, 0.1) is 5.69 Å². The molecule has 0 aromatic heterocycles. The minimum atomic E-state index is -0.0498. The minimum Gasteiger partial charge on any atom is -0.272 e. The van der Waals surface area contributed by atoms with E-state index in [0.717, 1.165) is 11.4 Å². The number of anilines is 1. The Hall–Kier alpha value is -1.75. The maximum absolute atomic E-state index is 11.9. The first kappa shape index (κ1) is 11.7. The molecule has 0 radical (unpaired) electrons. The van der Waals surface area contributed by atoms with Crippen molar-refractivity contribution in [2.45, 2.75) is 13.8 Å². The Balaban J connectivity index is 2.29. The molecule has 0 unspecified atom stereocenters. The summed E-state index contributed by atoms with van der Waals surface area (Å²) in [4.78, 5) is 13.4. The predicted octanol–water partition coefficient (Wildman–Crippen LogP) is 2.02. The first-order valence-corrected chi connectivity index (χ1v) is 5.71. The summed E-state index contributed by atoms with van der Waals surface area (Å²) in [6.45, 7) is 3.95. The fourth-order valence-corrected chi connectivity index (χ4v) is 1.95. The molecule has 1 amide bonds. The van der Waals surface area contributed by atoms with Crippen LogP contribution in [-0.2, 0) is 4.79 Å². The topological polar surface area (TPSA) is 35.9 Å². The van der Waals surface area contributed by atoms with E-state index in [2.05, 4.69) is 5.10 Å². The molecule has 1 aliphatic heterocycles. The van der Waals surface area contributed by atoms with Crippen LogP contribution in [0.15, 0.2) is 35.4 Å². The smallest absolute Gasteiger partial charge is 0.255 e. The number of rotatable bonds is 2. The first-order valence-electron chi connectivity index (χ1n) is 5.31. The zero-order chi connectivity index (χ0) is 12.4. The van der Waals surface area contributed by atoms with Crippen molar-refractivity contribution in [1.29, 1.82) is 0 Å². The van der Waals surface area contributed by atoms with Gasteiger partial charge in [-0.3, -0.25) is 9.69 Å². The standard InChI is InChI=1S/C12H13N3OS/c1-9(2)13-14-8-11(16)15(12(14)17)10-6-4-3-5-7-10/h3-7H,8H2,1-2H3. The third-order valence-electron chi connectivity index (χ3n) is 2.28. The van der Waals surface area contributed by atoms with Gasteiger partial charge in [0.15, 0.2) is 0 Å². The number of thiocarbonyl (C=S) groups is 1. The summed E-state index contributed by atoms with van der Waals surface area (Å²) in [5.41, 5.74) is 1.66. The quantitative estimate of drug-likeness (QED) is 0.592. The van der Waals surface area contributed by atoms with Crippen molar-refractivity contribution >= 4 is 34.6 Å². The van der Waals surface area contributed by atoms with Gasteiger partial charge in [-0.15, -0.1) is 0 Å². The van der Waals surface area contributed by atoms with E-state index in [4.69, 9.17) is 12.2 Å². The van der Waals surface area contributed by atoms with Gasteiger partial charge in [-0.05, 0) is 38.2 Å². The second-order valence-electron chi connectivity index (χ2n) is 3.95. The highest BCUT2D eigenvalue weighted by Crippen LogP contribution is 2.21. The minimum absolute atomic E-state index is 0.0498. The second kappa shape index (κ2) is 4.63. The summed E-state index contributed by atoms with van der Waals surface area (Å²) in [6, 6.07) is 9.37. The average molecular weight is 247 g/mol. The molecular weight excluding hydrogens is 234 g/mol. The van der Waals surface area contributed by atoms with Gasteiger partial charge in [0, 0.05) is 5.71 Å². The Morgan fingerprint density at radius 1 is 1.29 bits per heavy atom. The maximum Gasteiger partial charge on any atom is 0.255 e. The molecule has 0 saturated carbocycles. The van der Waals surface area contributed by atoms with Crippen LogP contribution in [0.2, 0.25) is 0 Å². The zero-order valence-corrected chi connectivity index (χ0v) is 10.6. The predicted molar refractivity (Wildman–Crippen MR) is 72.0 cm³/mol. The van der Waals surface area contributed by atoms with Gasteiger partial charge in [0.1, 0.15) is 6.54 Å². The molecule has 17 heavy (non-hydrogen) atoms. The number of benzene rings is 1. The fourth-order valence-electron chi connectivity index (χ4n) is 1.64. The Morgan fingerprint density at radius 3 is 2.53 bits per heavy atom. The Kier molecular flexibility index (Phi) is 3.19. The van der Waals surface area contributed by atoms with Gasteiger partial charge in [0.25, 0.3) is 5.91 Å². The van der Waals surface area contributed by atoms with Gasteiger partial charge in [-0.25, -0.2) is 5.01 Å². The summed E-state index contributed by atoms with van der Waals surface area (Å²) in [5, 5.41) is 6.22. The van der Waals surface area contributed by atoms with Crippen LogP contribution >= 0.6 is 12.2 Å². The number of carbonyl (C=O) groups excluding carboxylic acids is 1. The number of para-hydroxylation sites is 1. The third-order valence-corrected chi connectivity index (χ3v) is 2.67. The number of hydrogen-bond acceptors (Lipinski definition) is 3. The highest BCUT2D eigenvalue weighted by Gasteiger charge is 2.33. The SMILES string of the molecule is CC(C)=NN1CC(=O)N(c2ccccc2)C1=S. The van der Waals surface area contributed by atoms with Crippen LogP contribution in [0.1, 0.15) is 13.8 Å². The Labute approximate surface area is 106 Å². The third kappa shape index (κ3) is 2.34. The zero-order valence-electron chi connectivity index (χ0n) is 9.75. The number of hydrogen-bond donors (Lipinski definition) is 0. The molecule has 2 rings (SSSR count). The Morgan fingerprint density at radius 2 is 1.94 bits per heavy atom. The molecule has 0 N–H and O–H groups in total. The molecule has 1 heterocycles. The summed E-state index contributed by atoms with van der Waals surface area (Å²) in [6.07, 6.45) is 0. The van der Waals surface area contributed by atoms with Crippen LogP contribution in [0.3, 0.4) is 0 Å². The molecule has 5 heteroatoms. The average Bonchev–Trinajstić information content (AvgIpc) is 2.54. The second-order valence-corrected chi connectivity index (χ2v) is 4.32. The molecule has 0 spiro atoms. The number of carbonyl (C=O) groups is 1. The van der Waals surface area contributed by atoms with Crippen LogP contribution in [0.4, 0.5) is 5.69 Å². The molecule has 88 valence electrons. The number of hydrazone groups is 1. The summed E-state index contributed by atoms with van der Waals surface area (Å²) in [5.74, 6) is -0.0498. The van der Waals surface area contributed by atoms with E-state index < -0.39 is 0 Å². The van der Waals surface area contributed by atoms with E-state index in [1.807, 2.05) is 44.2 Å². The van der Waals surface area contributed by atoms with E-state index in [1.165, 1.54) is 4.90 Å². The van der Waals surface area contributed by atoms with E-state index >= 15 is 0 Å². The van der Waals surface area contributed by atoms with Crippen molar-refractivity contribution in [3.05, 3.63) is 30.3 Å². The van der Waals surface area contributed by atoms with Gasteiger partial charge >= 0.3 is 0 Å². The van der Waals surface area contributed by atoms with Crippen molar-refractivity contribution in [1.82, 2.24) is 5.01 Å². The van der Waals surface area contributed by atoms with Crippen LogP contribution < -0.4 is 4.90 Å². The largest absolute Gasteiger partial charge is 0.272 e. The molecular formula is C12H13N3OS. The van der Waals surface area contributed by atoms with Crippen molar-refractivity contribution in [2.75, 3.05) is 11.4 Å². The number of amides is 1. The van der Waals surface area contributed by atoms with E-state index in [9.17, 15) is 4.79 Å². The lowest BCUT2D eigenvalue weighted by molar-refractivity contribution is -0.116. The first-order chi connectivity index (χ1) is 8.09. The lowest BCUT2D eigenvalue weighted by atomic mass is 10.3. The van der Waals surface area contributed by atoms with Crippen LogP contribution in [-0.4, -0.2) is 28.3 Å². The van der Waals surface area contributed by atoms with Crippen LogP contribution in [0.25, 0.3) is 0 Å². The fraction of sp³-hybridized carbons (Fsp3) is 0.250. The van der Waals surface area contributed by atoms with Gasteiger partial charge in [0.2, 0.25) is 5.11 Å². The lowest BCUT2D eigenvalue weighted by Gasteiger charge is -2.16. The van der Waals surface area contributed by atoms with Gasteiger partial charge in [-0.2, -0.15) is 5.10 Å². The van der Waals surface area contributed by atoms with E-state index in [1.54, 1.807) is 5.01 Å². The number of nitrogens with zero attached hydrogens (tertiary/aromatic N) is 3. The van der Waals surface area contributed by atoms with Crippen molar-refractivity contribution in [2.24, 2.45) is 5.10 Å². The molecule has 1 fully saturated rings. The molecule has 0 aliphatic carbocycles. The van der Waals surface area contributed by atoms with Gasteiger partial charge in [-0.1, -0.05) is 18.2 Å². The van der Waals surface area contributed by atoms with E-state index in [0.29, 0.717) is 5.11 Å². The normalized spacial score (nSPS) is 15.4. The summed E-state index contributed by atoms with van der Waals surface area (Å²) < 4.78 is 0. The van der Waals surface area contributed by atoms with Crippen molar-refractivity contribution in [3.8, 4) is 0 Å².